The molecule has 1 N–H and O–H groups in total. The number of esters is 1. The van der Waals surface area contributed by atoms with Gasteiger partial charge in [-0.15, -0.1) is 21.5 Å². The van der Waals surface area contributed by atoms with Crippen LogP contribution in [0.3, 0.4) is 0 Å². The van der Waals surface area contributed by atoms with Gasteiger partial charge in [0.15, 0.2) is 17.7 Å². The van der Waals surface area contributed by atoms with E-state index in [9.17, 15) is 22.0 Å². The first-order chi connectivity index (χ1) is 15.7. The summed E-state index contributed by atoms with van der Waals surface area (Å²) >= 11 is 1.42. The van der Waals surface area contributed by atoms with E-state index < -0.39 is 38.6 Å². The summed E-state index contributed by atoms with van der Waals surface area (Å²) < 4.78 is 64.6. The summed E-state index contributed by atoms with van der Waals surface area (Å²) in [7, 11) is -4.22. The van der Waals surface area contributed by atoms with Gasteiger partial charge in [0.25, 0.3) is 21.8 Å². The molecule has 0 aliphatic carbocycles. The minimum absolute atomic E-state index is 0.0274. The Hall–Kier alpha value is -3.64. The summed E-state index contributed by atoms with van der Waals surface area (Å²) in [5, 5.41) is 9.68. The Morgan fingerprint density at radius 2 is 1.91 bits per heavy atom. The van der Waals surface area contributed by atoms with Gasteiger partial charge in [0, 0.05) is 5.69 Å². The Labute approximate surface area is 190 Å². The molecule has 0 saturated heterocycles. The van der Waals surface area contributed by atoms with Crippen LogP contribution in [0.15, 0.2) is 69.3 Å². The Morgan fingerprint density at radius 1 is 1.09 bits per heavy atom. The molecule has 12 heteroatoms. The Balaban J connectivity index is 1.47. The average Bonchev–Trinajstić information content (AvgIpc) is 3.47. The van der Waals surface area contributed by atoms with Crippen LogP contribution in [-0.4, -0.2) is 24.6 Å². The van der Waals surface area contributed by atoms with Crippen molar-refractivity contribution in [3.05, 3.63) is 83.1 Å². The van der Waals surface area contributed by atoms with E-state index in [2.05, 4.69) is 14.9 Å². The quantitative estimate of drug-likeness (QED) is 0.370. The number of ether oxygens (including phenoxy) is 1. The largest absolute Gasteiger partial charge is 0.449 e. The Bertz CT molecular complexity index is 1410. The molecule has 1 atom stereocenters. The van der Waals surface area contributed by atoms with Crippen molar-refractivity contribution in [1.82, 2.24) is 10.2 Å². The molecule has 0 radical (unpaired) electrons. The second-order valence-electron chi connectivity index (χ2n) is 6.73. The number of anilines is 1. The van der Waals surface area contributed by atoms with E-state index in [-0.39, 0.29) is 17.1 Å². The van der Waals surface area contributed by atoms with Crippen LogP contribution >= 0.6 is 11.3 Å². The van der Waals surface area contributed by atoms with Gasteiger partial charge in [-0.1, -0.05) is 12.1 Å². The average molecular weight is 491 g/mol. The predicted molar refractivity (Wildman–Crippen MR) is 115 cm³/mol. The molecular weight excluding hydrogens is 476 g/mol. The van der Waals surface area contributed by atoms with Crippen LogP contribution in [0, 0.1) is 11.6 Å². The lowest BCUT2D eigenvalue weighted by atomic mass is 10.2. The first-order valence-electron chi connectivity index (χ1n) is 9.39. The number of aromatic nitrogens is 2. The molecule has 4 rings (SSSR count). The highest BCUT2D eigenvalue weighted by atomic mass is 32.2. The summed E-state index contributed by atoms with van der Waals surface area (Å²) in [6.45, 7) is 1.55. The summed E-state index contributed by atoms with van der Waals surface area (Å²) in [6, 6.07) is 11.3. The first kappa shape index (κ1) is 22.6. The lowest BCUT2D eigenvalue weighted by molar-refractivity contribution is 0.0280. The van der Waals surface area contributed by atoms with Crippen molar-refractivity contribution in [2.45, 2.75) is 17.9 Å². The zero-order valence-corrected chi connectivity index (χ0v) is 18.5. The fourth-order valence-electron chi connectivity index (χ4n) is 2.75. The molecule has 0 bridgehead atoms. The van der Waals surface area contributed by atoms with E-state index in [1.807, 2.05) is 17.5 Å². The molecule has 4 aromatic rings. The monoisotopic (exact) mass is 491 g/mol. The Morgan fingerprint density at radius 3 is 2.64 bits per heavy atom. The van der Waals surface area contributed by atoms with Gasteiger partial charge in [-0.3, -0.25) is 4.72 Å². The third-order valence-corrected chi connectivity index (χ3v) is 6.59. The van der Waals surface area contributed by atoms with E-state index in [1.165, 1.54) is 35.6 Å². The number of hydrogen-bond donors (Lipinski definition) is 1. The van der Waals surface area contributed by atoms with Crippen LogP contribution in [0.1, 0.15) is 29.3 Å². The molecule has 0 fully saturated rings. The zero-order chi connectivity index (χ0) is 23.6. The van der Waals surface area contributed by atoms with E-state index in [4.69, 9.17) is 9.15 Å². The fraction of sp³-hybridized carbons (Fsp3) is 0.0952. The normalized spacial score (nSPS) is 12.3. The summed E-state index contributed by atoms with van der Waals surface area (Å²) in [6.07, 6.45) is -0.860. The Kier molecular flexibility index (Phi) is 6.20. The SMILES string of the molecule is CC(OC(=O)c1cccc(NS(=O)(=O)c2ccc(F)c(F)c2)c1)c1nnc(-c2cccs2)o1. The molecule has 8 nitrogen and oxygen atoms in total. The molecule has 170 valence electrons. The summed E-state index contributed by atoms with van der Waals surface area (Å²) in [4.78, 5) is 12.9. The number of thiophene rings is 1. The minimum Gasteiger partial charge on any atom is -0.449 e. The predicted octanol–water partition coefficient (Wildman–Crippen LogP) is 4.80. The van der Waals surface area contributed by atoms with Gasteiger partial charge in [-0.25, -0.2) is 22.0 Å². The molecule has 33 heavy (non-hydrogen) atoms. The third kappa shape index (κ3) is 5.07. The molecule has 2 aromatic carbocycles. The number of hydrogen-bond acceptors (Lipinski definition) is 8. The van der Waals surface area contributed by atoms with E-state index in [0.29, 0.717) is 18.0 Å². The molecule has 0 aliphatic rings. The second kappa shape index (κ2) is 9.08. The number of carbonyl (C=O) groups excluding carboxylic acids is 1. The highest BCUT2D eigenvalue weighted by Crippen LogP contribution is 2.26. The van der Waals surface area contributed by atoms with E-state index in [1.54, 1.807) is 6.92 Å². The zero-order valence-electron chi connectivity index (χ0n) is 16.9. The summed E-state index contributed by atoms with van der Waals surface area (Å²) in [5.74, 6) is -2.82. The van der Waals surface area contributed by atoms with Crippen molar-refractivity contribution in [3.8, 4) is 10.8 Å². The number of benzene rings is 2. The third-order valence-electron chi connectivity index (χ3n) is 4.36. The molecule has 0 saturated carbocycles. The van der Waals surface area contributed by atoms with Crippen molar-refractivity contribution in [2.75, 3.05) is 4.72 Å². The molecule has 0 aliphatic heterocycles. The van der Waals surface area contributed by atoms with Gasteiger partial charge in [-0.05, 0) is 54.8 Å². The number of nitrogens with one attached hydrogen (secondary N) is 1. The van der Waals surface area contributed by atoms with E-state index in [0.717, 1.165) is 10.9 Å². The van der Waals surface area contributed by atoms with Crippen molar-refractivity contribution in [1.29, 1.82) is 0 Å². The number of nitrogens with zero attached hydrogens (tertiary/aromatic N) is 2. The maximum absolute atomic E-state index is 13.4. The van der Waals surface area contributed by atoms with E-state index >= 15 is 0 Å². The van der Waals surface area contributed by atoms with Crippen LogP contribution in [-0.2, 0) is 14.8 Å². The van der Waals surface area contributed by atoms with Crippen LogP contribution < -0.4 is 4.72 Å². The molecular formula is C21H15F2N3O5S2. The van der Waals surface area contributed by atoms with Gasteiger partial charge in [0.2, 0.25) is 0 Å². The lowest BCUT2D eigenvalue weighted by Crippen LogP contribution is -2.14. The van der Waals surface area contributed by atoms with Gasteiger partial charge in [0.05, 0.1) is 15.3 Å². The fourth-order valence-corrected chi connectivity index (χ4v) is 4.45. The number of rotatable bonds is 7. The molecule has 2 heterocycles. The number of sulfonamides is 1. The van der Waals surface area contributed by atoms with Crippen molar-refractivity contribution < 1.29 is 31.1 Å². The van der Waals surface area contributed by atoms with Gasteiger partial charge < -0.3 is 9.15 Å². The topological polar surface area (TPSA) is 111 Å². The minimum atomic E-state index is -4.22. The molecule has 1 unspecified atom stereocenters. The van der Waals surface area contributed by atoms with Crippen molar-refractivity contribution in [3.63, 3.8) is 0 Å². The number of carbonyl (C=O) groups is 1. The standard InChI is InChI=1S/C21H15F2N3O5S2/c1-12(19-24-25-20(31-19)18-6-3-9-32-18)30-21(27)13-4-2-5-14(10-13)26-33(28,29)15-7-8-16(22)17(23)11-15/h2-12,26H,1H3. The molecule has 2 aromatic heterocycles. The highest BCUT2D eigenvalue weighted by Gasteiger charge is 2.21. The molecule has 0 spiro atoms. The van der Waals surface area contributed by atoms with Gasteiger partial charge >= 0.3 is 5.97 Å². The van der Waals surface area contributed by atoms with Crippen molar-refractivity contribution in [2.24, 2.45) is 0 Å². The first-order valence-corrected chi connectivity index (χ1v) is 11.8. The van der Waals surface area contributed by atoms with Crippen LogP contribution in [0.5, 0.6) is 0 Å². The van der Waals surface area contributed by atoms with Gasteiger partial charge in [-0.2, -0.15) is 0 Å². The highest BCUT2D eigenvalue weighted by molar-refractivity contribution is 7.92. The number of halogens is 2. The van der Waals surface area contributed by atoms with Gasteiger partial charge in [0.1, 0.15) is 0 Å². The van der Waals surface area contributed by atoms with Crippen LogP contribution in [0.2, 0.25) is 0 Å². The molecule has 0 amide bonds. The maximum Gasteiger partial charge on any atom is 0.338 e. The summed E-state index contributed by atoms with van der Waals surface area (Å²) in [5.41, 5.74) is 0.0740. The smallest absolute Gasteiger partial charge is 0.338 e. The maximum atomic E-state index is 13.4. The van der Waals surface area contributed by atoms with Crippen LogP contribution in [0.4, 0.5) is 14.5 Å². The van der Waals surface area contributed by atoms with Crippen molar-refractivity contribution >= 4 is 33.0 Å². The van der Waals surface area contributed by atoms with Crippen LogP contribution in [0.25, 0.3) is 10.8 Å². The second-order valence-corrected chi connectivity index (χ2v) is 9.36. The lowest BCUT2D eigenvalue weighted by Gasteiger charge is -2.11.